The van der Waals surface area contributed by atoms with Crippen molar-refractivity contribution >= 4 is 22.2 Å². The molecule has 0 aliphatic carbocycles. The minimum absolute atomic E-state index is 0.377. The largest absolute Gasteiger partial charge is 0.616 e. The standard InChI is InChI=1S/C17H19N3O3S/c1-3-24(21)9-8-23-16-10-12(22-2)4-5-13(16)17-19-14-6-7-18-11-15(14)20-17/h4-7,10-11H,3,8-9H2,1-2H3,(H,19,20). The smallest absolute Gasteiger partial charge is 0.142 e. The number of aromatic nitrogens is 3. The number of hydrogen-bond acceptors (Lipinski definition) is 5. The molecule has 1 unspecified atom stereocenters. The highest BCUT2D eigenvalue weighted by molar-refractivity contribution is 7.91. The van der Waals surface area contributed by atoms with Crippen LogP contribution in [-0.4, -0.2) is 44.7 Å². The molecule has 3 rings (SSSR count). The summed E-state index contributed by atoms with van der Waals surface area (Å²) in [6, 6.07) is 7.45. The fraction of sp³-hybridized carbons (Fsp3) is 0.294. The van der Waals surface area contributed by atoms with Gasteiger partial charge in [0.25, 0.3) is 0 Å². The van der Waals surface area contributed by atoms with Gasteiger partial charge in [-0.3, -0.25) is 4.98 Å². The first-order chi connectivity index (χ1) is 11.7. The van der Waals surface area contributed by atoms with Crippen LogP contribution in [0.4, 0.5) is 0 Å². The van der Waals surface area contributed by atoms with E-state index in [4.69, 9.17) is 9.47 Å². The quantitative estimate of drug-likeness (QED) is 0.666. The predicted octanol–water partition coefficient (Wildman–Crippen LogP) is 2.78. The molecule has 2 heterocycles. The van der Waals surface area contributed by atoms with Gasteiger partial charge in [-0.25, -0.2) is 4.98 Å². The number of H-pyrrole nitrogens is 1. The Morgan fingerprint density at radius 1 is 1.29 bits per heavy atom. The van der Waals surface area contributed by atoms with Crippen LogP contribution in [0.3, 0.4) is 0 Å². The fourth-order valence-electron chi connectivity index (χ4n) is 2.32. The number of imidazole rings is 1. The Morgan fingerprint density at radius 2 is 2.17 bits per heavy atom. The van der Waals surface area contributed by atoms with E-state index in [0.717, 1.165) is 16.6 Å². The number of aromatic amines is 1. The highest BCUT2D eigenvalue weighted by atomic mass is 32.2. The molecular weight excluding hydrogens is 326 g/mol. The van der Waals surface area contributed by atoms with E-state index in [0.29, 0.717) is 35.4 Å². The lowest BCUT2D eigenvalue weighted by molar-refractivity contribution is 0.338. The molecule has 7 heteroatoms. The van der Waals surface area contributed by atoms with Crippen LogP contribution in [0.1, 0.15) is 6.92 Å². The summed E-state index contributed by atoms with van der Waals surface area (Å²) >= 11 is -0.859. The van der Waals surface area contributed by atoms with Crippen LogP contribution in [0.2, 0.25) is 0 Å². The van der Waals surface area contributed by atoms with Crippen molar-refractivity contribution in [1.29, 1.82) is 0 Å². The molecule has 0 amide bonds. The van der Waals surface area contributed by atoms with Gasteiger partial charge in [0, 0.05) is 12.3 Å². The third kappa shape index (κ3) is 3.63. The molecule has 2 aromatic heterocycles. The Morgan fingerprint density at radius 3 is 2.92 bits per heavy atom. The Hall–Kier alpha value is -2.25. The average molecular weight is 345 g/mol. The highest BCUT2D eigenvalue weighted by Crippen LogP contribution is 2.32. The van der Waals surface area contributed by atoms with Crippen molar-refractivity contribution in [2.45, 2.75) is 6.92 Å². The molecule has 0 bridgehead atoms. The Labute approximate surface area is 143 Å². The Kier molecular flexibility index (Phi) is 5.22. The summed E-state index contributed by atoms with van der Waals surface area (Å²) in [5, 5.41) is 0. The van der Waals surface area contributed by atoms with Gasteiger partial charge < -0.3 is 19.0 Å². The molecule has 126 valence electrons. The van der Waals surface area contributed by atoms with E-state index in [9.17, 15) is 4.55 Å². The van der Waals surface area contributed by atoms with Gasteiger partial charge in [-0.1, -0.05) is 11.2 Å². The molecule has 0 fully saturated rings. The first kappa shape index (κ1) is 16.6. The summed E-state index contributed by atoms with van der Waals surface area (Å²) in [6.45, 7) is 2.28. The molecule has 1 aromatic carbocycles. The maximum atomic E-state index is 11.6. The van der Waals surface area contributed by atoms with Gasteiger partial charge in [0.2, 0.25) is 0 Å². The third-order valence-corrected chi connectivity index (χ3v) is 4.89. The summed E-state index contributed by atoms with van der Waals surface area (Å²) in [7, 11) is 1.61. The van der Waals surface area contributed by atoms with Crippen molar-refractivity contribution in [2.24, 2.45) is 0 Å². The maximum absolute atomic E-state index is 11.6. The van der Waals surface area contributed by atoms with E-state index in [1.807, 2.05) is 31.2 Å². The molecule has 0 saturated carbocycles. The van der Waals surface area contributed by atoms with E-state index < -0.39 is 11.2 Å². The van der Waals surface area contributed by atoms with Crippen molar-refractivity contribution in [3.8, 4) is 22.9 Å². The van der Waals surface area contributed by atoms with E-state index in [1.165, 1.54) is 0 Å². The second kappa shape index (κ2) is 7.55. The monoisotopic (exact) mass is 345 g/mol. The Balaban J connectivity index is 1.90. The number of methoxy groups -OCH3 is 1. The van der Waals surface area contributed by atoms with Gasteiger partial charge in [0.05, 0.1) is 24.4 Å². The zero-order valence-electron chi connectivity index (χ0n) is 13.6. The van der Waals surface area contributed by atoms with Crippen molar-refractivity contribution in [3.63, 3.8) is 0 Å². The summed E-state index contributed by atoms with van der Waals surface area (Å²) in [5.41, 5.74) is 2.53. The number of benzene rings is 1. The van der Waals surface area contributed by atoms with Crippen molar-refractivity contribution in [3.05, 3.63) is 36.7 Å². The molecule has 1 atom stereocenters. The number of pyridine rings is 1. The van der Waals surface area contributed by atoms with Crippen molar-refractivity contribution in [1.82, 2.24) is 15.0 Å². The fourth-order valence-corrected chi connectivity index (χ4v) is 2.88. The zero-order valence-corrected chi connectivity index (χ0v) is 14.4. The van der Waals surface area contributed by atoms with Crippen LogP contribution >= 0.6 is 0 Å². The molecule has 3 aromatic rings. The van der Waals surface area contributed by atoms with E-state index in [-0.39, 0.29) is 0 Å². The minimum atomic E-state index is -0.859. The number of hydrogen-bond donors (Lipinski definition) is 1. The van der Waals surface area contributed by atoms with E-state index in [1.54, 1.807) is 19.5 Å². The molecule has 0 aliphatic rings. The average Bonchev–Trinajstić information content (AvgIpc) is 3.05. The lowest BCUT2D eigenvalue weighted by Crippen LogP contribution is -2.15. The molecule has 24 heavy (non-hydrogen) atoms. The molecule has 6 nitrogen and oxygen atoms in total. The second-order valence-corrected chi connectivity index (χ2v) is 6.99. The van der Waals surface area contributed by atoms with Crippen molar-refractivity contribution < 1.29 is 14.0 Å². The number of fused-ring (bicyclic) bond motifs is 1. The SMILES string of the molecule is CC[S+]([O-])CCOc1cc(OC)ccc1-c1nc2cnccc2[nH]1. The first-order valence-corrected chi connectivity index (χ1v) is 9.16. The molecular formula is C17H19N3O3S. The molecule has 0 aliphatic heterocycles. The topological polar surface area (TPSA) is 83.1 Å². The number of nitrogens with one attached hydrogen (secondary N) is 1. The minimum Gasteiger partial charge on any atom is -0.616 e. The van der Waals surface area contributed by atoms with Gasteiger partial charge in [-0.2, -0.15) is 0 Å². The molecule has 0 saturated heterocycles. The molecule has 1 N–H and O–H groups in total. The van der Waals surface area contributed by atoms with Crippen LogP contribution in [0.5, 0.6) is 11.5 Å². The van der Waals surface area contributed by atoms with Gasteiger partial charge >= 0.3 is 0 Å². The van der Waals surface area contributed by atoms with Crippen LogP contribution in [0.15, 0.2) is 36.7 Å². The summed E-state index contributed by atoms with van der Waals surface area (Å²) in [5.74, 6) is 3.17. The van der Waals surface area contributed by atoms with E-state index >= 15 is 0 Å². The lowest BCUT2D eigenvalue weighted by Gasteiger charge is -2.13. The van der Waals surface area contributed by atoms with Gasteiger partial charge in [-0.05, 0) is 25.1 Å². The number of ether oxygens (including phenoxy) is 2. The first-order valence-electron chi connectivity index (χ1n) is 7.67. The lowest BCUT2D eigenvalue weighted by atomic mass is 10.2. The van der Waals surface area contributed by atoms with E-state index in [2.05, 4.69) is 15.0 Å². The van der Waals surface area contributed by atoms with Crippen molar-refractivity contribution in [2.75, 3.05) is 25.2 Å². The maximum Gasteiger partial charge on any atom is 0.142 e. The highest BCUT2D eigenvalue weighted by Gasteiger charge is 2.13. The summed E-state index contributed by atoms with van der Waals surface area (Å²) in [4.78, 5) is 11.9. The molecule has 0 spiro atoms. The molecule has 0 radical (unpaired) electrons. The third-order valence-electron chi connectivity index (χ3n) is 3.62. The summed E-state index contributed by atoms with van der Waals surface area (Å²) in [6.07, 6.45) is 3.43. The Bertz CT molecular complexity index is 789. The van der Waals surface area contributed by atoms with Gasteiger partial charge in [0.15, 0.2) is 0 Å². The van der Waals surface area contributed by atoms with Crippen LogP contribution in [0, 0.1) is 0 Å². The van der Waals surface area contributed by atoms with Crippen LogP contribution < -0.4 is 9.47 Å². The van der Waals surface area contributed by atoms with Crippen LogP contribution in [0.25, 0.3) is 22.4 Å². The zero-order chi connectivity index (χ0) is 16.9. The predicted molar refractivity (Wildman–Crippen MR) is 94.9 cm³/mol. The second-order valence-electron chi connectivity index (χ2n) is 5.12. The number of rotatable bonds is 7. The van der Waals surface area contributed by atoms with Crippen LogP contribution in [-0.2, 0) is 11.2 Å². The normalized spacial score (nSPS) is 12.3. The van der Waals surface area contributed by atoms with Gasteiger partial charge in [-0.15, -0.1) is 0 Å². The number of nitrogens with zero attached hydrogens (tertiary/aromatic N) is 2. The van der Waals surface area contributed by atoms with Gasteiger partial charge in [0.1, 0.15) is 41.0 Å². The summed E-state index contributed by atoms with van der Waals surface area (Å²) < 4.78 is 22.7.